The fourth-order valence-electron chi connectivity index (χ4n) is 3.44. The Labute approximate surface area is 185 Å². The van der Waals surface area contributed by atoms with Gasteiger partial charge >= 0.3 is 0 Å². The quantitative estimate of drug-likeness (QED) is 0.388. The molecule has 0 saturated carbocycles. The highest BCUT2D eigenvalue weighted by Gasteiger charge is 2.21. The lowest BCUT2D eigenvalue weighted by atomic mass is 10.2. The maximum Gasteiger partial charge on any atom is 0.226 e. The fourth-order valence-corrected chi connectivity index (χ4v) is 4.57. The number of ether oxygens (including phenoxy) is 1. The van der Waals surface area contributed by atoms with E-state index in [2.05, 4.69) is 25.8 Å². The number of unbranched alkanes of at least 4 members (excludes halogenated alkanes) is 2. The van der Waals surface area contributed by atoms with Gasteiger partial charge in [0.05, 0.1) is 16.9 Å². The van der Waals surface area contributed by atoms with Crippen LogP contribution in [0.2, 0.25) is 0 Å². The third-order valence-electron chi connectivity index (χ3n) is 5.19. The summed E-state index contributed by atoms with van der Waals surface area (Å²) in [4.78, 5) is 15.9. The van der Waals surface area contributed by atoms with Crippen LogP contribution in [0, 0.1) is 6.92 Å². The molecule has 0 aliphatic carbocycles. The number of thiophene rings is 1. The van der Waals surface area contributed by atoms with Crippen LogP contribution in [0.3, 0.4) is 0 Å². The Morgan fingerprint density at radius 2 is 2.00 bits per heavy atom. The minimum Gasteiger partial charge on any atom is -0.477 e. The van der Waals surface area contributed by atoms with Crippen LogP contribution >= 0.6 is 11.3 Å². The van der Waals surface area contributed by atoms with Crippen LogP contribution in [0.4, 0.5) is 0 Å². The Morgan fingerprint density at radius 1 is 1.16 bits per heavy atom. The van der Waals surface area contributed by atoms with Crippen molar-refractivity contribution < 1.29 is 9.84 Å². The van der Waals surface area contributed by atoms with Gasteiger partial charge in [0, 0.05) is 38.3 Å². The van der Waals surface area contributed by atoms with Crippen molar-refractivity contribution in [2.75, 3.05) is 13.2 Å². The molecule has 0 radical (unpaired) electrons. The molecule has 4 aromatic heterocycles. The molecule has 0 bridgehead atoms. The maximum atomic E-state index is 9.00. The zero-order chi connectivity index (χ0) is 22.0. The van der Waals surface area contributed by atoms with Gasteiger partial charge in [-0.25, -0.2) is 9.97 Å². The number of aliphatic hydroxyl groups is 1. The predicted octanol–water partition coefficient (Wildman–Crippen LogP) is 4.39. The van der Waals surface area contributed by atoms with Crippen LogP contribution in [0.5, 0.6) is 5.88 Å². The van der Waals surface area contributed by atoms with Crippen LogP contribution in [0.25, 0.3) is 32.4 Å². The largest absolute Gasteiger partial charge is 0.477 e. The van der Waals surface area contributed by atoms with Gasteiger partial charge in [-0.3, -0.25) is 4.68 Å². The van der Waals surface area contributed by atoms with Crippen molar-refractivity contribution >= 4 is 21.6 Å². The van der Waals surface area contributed by atoms with Crippen molar-refractivity contribution in [3.05, 3.63) is 30.2 Å². The number of nitrogens with zero attached hydrogens (tertiary/aromatic N) is 6. The van der Waals surface area contributed by atoms with Crippen LogP contribution in [-0.2, 0) is 7.05 Å². The van der Waals surface area contributed by atoms with Gasteiger partial charge in [0.1, 0.15) is 10.5 Å². The first-order chi connectivity index (χ1) is 15.0. The summed E-state index contributed by atoms with van der Waals surface area (Å²) >= 11 is 1.60. The maximum absolute atomic E-state index is 9.00. The summed E-state index contributed by atoms with van der Waals surface area (Å²) in [6.45, 7) is 7.05. The summed E-state index contributed by atoms with van der Waals surface area (Å²) in [6, 6.07) is 2.34. The number of imidazole rings is 1. The summed E-state index contributed by atoms with van der Waals surface area (Å²) in [6.07, 6.45) is 8.18. The van der Waals surface area contributed by atoms with E-state index < -0.39 is 0 Å². The second kappa shape index (κ2) is 9.15. The first kappa shape index (κ1) is 21.5. The van der Waals surface area contributed by atoms with E-state index in [-0.39, 0.29) is 6.61 Å². The highest BCUT2D eigenvalue weighted by Crippen LogP contribution is 2.41. The molecule has 9 heteroatoms. The molecule has 0 spiro atoms. The molecule has 4 aromatic rings. The zero-order valence-corrected chi connectivity index (χ0v) is 19.2. The topological polar surface area (TPSA) is 90.9 Å². The number of aromatic nitrogens is 6. The van der Waals surface area contributed by atoms with Crippen molar-refractivity contribution in [1.82, 2.24) is 29.3 Å². The first-order valence-electron chi connectivity index (χ1n) is 10.6. The van der Waals surface area contributed by atoms with Gasteiger partial charge in [0.2, 0.25) is 11.7 Å². The van der Waals surface area contributed by atoms with Crippen LogP contribution in [-0.4, -0.2) is 47.6 Å². The second-order valence-corrected chi connectivity index (χ2v) is 8.86. The Bertz CT molecular complexity index is 1180. The third-order valence-corrected chi connectivity index (χ3v) is 6.40. The standard InChI is InChI=1S/C22H28N6O2S/c1-14(2)28-10-8-16(26-28)18-15(3)17-21(30-13-7-5-6-12-29)24-19(25-22(17)31-18)20-23-9-11-27(20)4/h8-11,14,29H,5-7,12-13H2,1-4H3. The molecule has 0 aliphatic rings. The summed E-state index contributed by atoms with van der Waals surface area (Å²) in [5, 5.41) is 14.7. The zero-order valence-electron chi connectivity index (χ0n) is 18.4. The molecule has 0 saturated heterocycles. The van der Waals surface area contributed by atoms with Crippen molar-refractivity contribution in [3.63, 3.8) is 0 Å². The molecule has 164 valence electrons. The summed E-state index contributed by atoms with van der Waals surface area (Å²) in [5.41, 5.74) is 2.01. The predicted molar refractivity (Wildman–Crippen MR) is 122 cm³/mol. The molecule has 1 N–H and O–H groups in total. The van der Waals surface area contributed by atoms with Crippen molar-refractivity contribution in [2.24, 2.45) is 7.05 Å². The normalized spacial score (nSPS) is 11.7. The van der Waals surface area contributed by atoms with Gasteiger partial charge in [-0.1, -0.05) is 0 Å². The average molecular weight is 441 g/mol. The number of hydrogen-bond donors (Lipinski definition) is 1. The number of fused-ring (bicyclic) bond motifs is 1. The lowest BCUT2D eigenvalue weighted by Gasteiger charge is -2.09. The van der Waals surface area contributed by atoms with E-state index in [0.29, 0.717) is 30.2 Å². The Balaban J connectivity index is 1.77. The van der Waals surface area contributed by atoms with E-state index in [0.717, 1.165) is 45.6 Å². The molecule has 0 amide bonds. The van der Waals surface area contributed by atoms with Crippen molar-refractivity contribution in [1.29, 1.82) is 0 Å². The highest BCUT2D eigenvalue weighted by atomic mass is 32.1. The molecular weight excluding hydrogens is 412 g/mol. The summed E-state index contributed by atoms with van der Waals surface area (Å²) < 4.78 is 9.99. The van der Waals surface area contributed by atoms with E-state index >= 15 is 0 Å². The Hall–Kier alpha value is -2.78. The van der Waals surface area contributed by atoms with E-state index in [4.69, 9.17) is 24.9 Å². The van der Waals surface area contributed by atoms with E-state index in [1.807, 2.05) is 34.8 Å². The average Bonchev–Trinajstić information content (AvgIpc) is 3.46. The minimum absolute atomic E-state index is 0.205. The summed E-state index contributed by atoms with van der Waals surface area (Å²) in [5.74, 6) is 1.82. The van der Waals surface area contributed by atoms with Crippen LogP contribution in [0.1, 0.15) is 44.7 Å². The molecule has 31 heavy (non-hydrogen) atoms. The summed E-state index contributed by atoms with van der Waals surface area (Å²) in [7, 11) is 1.93. The van der Waals surface area contributed by atoms with E-state index in [1.54, 1.807) is 17.5 Å². The Morgan fingerprint density at radius 3 is 2.68 bits per heavy atom. The number of rotatable bonds is 9. The highest BCUT2D eigenvalue weighted by molar-refractivity contribution is 7.22. The van der Waals surface area contributed by atoms with Gasteiger partial charge in [-0.15, -0.1) is 11.3 Å². The monoisotopic (exact) mass is 440 g/mol. The molecule has 8 nitrogen and oxygen atoms in total. The molecule has 4 rings (SSSR count). The molecule has 0 atom stereocenters. The lowest BCUT2D eigenvalue weighted by Crippen LogP contribution is -2.04. The minimum atomic E-state index is 0.205. The number of aryl methyl sites for hydroxylation is 2. The number of hydrogen-bond acceptors (Lipinski definition) is 7. The van der Waals surface area contributed by atoms with Gasteiger partial charge in [-0.05, 0) is 51.7 Å². The van der Waals surface area contributed by atoms with Gasteiger partial charge in [-0.2, -0.15) is 10.1 Å². The van der Waals surface area contributed by atoms with Gasteiger partial charge in [0.15, 0.2) is 5.82 Å². The van der Waals surface area contributed by atoms with E-state index in [9.17, 15) is 0 Å². The van der Waals surface area contributed by atoms with Crippen LogP contribution in [0.15, 0.2) is 24.7 Å². The Kier molecular flexibility index (Phi) is 6.33. The fraction of sp³-hybridized carbons (Fsp3) is 0.455. The number of aliphatic hydroxyl groups excluding tert-OH is 1. The molecule has 0 fully saturated rings. The molecule has 0 aliphatic heterocycles. The van der Waals surface area contributed by atoms with Crippen LogP contribution < -0.4 is 4.74 Å². The SMILES string of the molecule is Cc1c(-c2ccn(C(C)C)n2)sc2nc(-c3nccn3C)nc(OCCCCCO)c12. The lowest BCUT2D eigenvalue weighted by molar-refractivity contribution is 0.264. The van der Waals surface area contributed by atoms with E-state index in [1.165, 1.54) is 0 Å². The molecular formula is C22H28N6O2S. The van der Waals surface area contributed by atoms with Crippen molar-refractivity contribution in [3.8, 4) is 28.1 Å². The molecule has 4 heterocycles. The second-order valence-electron chi connectivity index (χ2n) is 7.86. The van der Waals surface area contributed by atoms with Gasteiger partial charge < -0.3 is 14.4 Å². The van der Waals surface area contributed by atoms with Crippen molar-refractivity contribution in [2.45, 2.75) is 46.1 Å². The smallest absolute Gasteiger partial charge is 0.226 e. The first-order valence-corrected chi connectivity index (χ1v) is 11.4. The molecule has 0 aromatic carbocycles. The van der Waals surface area contributed by atoms with Gasteiger partial charge in [0.25, 0.3) is 0 Å². The third kappa shape index (κ3) is 4.33. The molecule has 0 unspecified atom stereocenters.